The number of hydrogen-bond donors (Lipinski definition) is 3. The van der Waals surface area contributed by atoms with Gasteiger partial charge in [0, 0.05) is 30.2 Å². The summed E-state index contributed by atoms with van der Waals surface area (Å²) in [5, 5.41) is 16.5. The highest BCUT2D eigenvalue weighted by atomic mass is 35.5. The third-order valence-electron chi connectivity index (χ3n) is 4.67. The van der Waals surface area contributed by atoms with E-state index in [4.69, 9.17) is 0 Å². The summed E-state index contributed by atoms with van der Waals surface area (Å²) < 4.78 is 0. The van der Waals surface area contributed by atoms with E-state index in [1.54, 1.807) is 6.20 Å². The number of anilines is 1. The molecule has 2 aromatic carbocycles. The smallest absolute Gasteiger partial charge is 0.230 e. The number of para-hydroxylation sites is 1. The number of aliphatic hydroxyl groups excluding tert-OH is 1. The van der Waals surface area contributed by atoms with Crippen LogP contribution in [0.5, 0.6) is 0 Å². The number of halogens is 1. The van der Waals surface area contributed by atoms with Crippen molar-refractivity contribution in [2.24, 2.45) is 0 Å². The standard InChI is InChI=1S/C24H27N3O2.ClH/c1-18(26-17-23(28)20-8-4-2-5-9-20)14-19-12-13-25-22(15-19)16-24(29)27-21-10-6-3-7-11-21;/h2-13,15,18,23,26,28H,14,16-17H2,1H3,(H,27,29);1H/t18-,23+;/m1./s1. The molecule has 0 spiro atoms. The molecule has 3 aromatic rings. The second kappa shape index (κ2) is 12.1. The Labute approximate surface area is 184 Å². The molecular weight excluding hydrogens is 398 g/mol. The van der Waals surface area contributed by atoms with Gasteiger partial charge in [0.15, 0.2) is 0 Å². The van der Waals surface area contributed by atoms with Gasteiger partial charge in [0.05, 0.1) is 12.5 Å². The predicted octanol–water partition coefficient (Wildman–Crippen LogP) is 3.94. The second-order valence-corrected chi connectivity index (χ2v) is 7.19. The van der Waals surface area contributed by atoms with Crippen LogP contribution >= 0.6 is 12.4 Å². The molecular formula is C24H28ClN3O2. The second-order valence-electron chi connectivity index (χ2n) is 7.19. The number of carbonyl (C=O) groups excluding carboxylic acids is 1. The van der Waals surface area contributed by atoms with Crippen LogP contribution in [0.15, 0.2) is 79.0 Å². The van der Waals surface area contributed by atoms with Crippen LogP contribution in [-0.4, -0.2) is 28.6 Å². The Morgan fingerprint density at radius 1 is 1.03 bits per heavy atom. The summed E-state index contributed by atoms with van der Waals surface area (Å²) in [5.74, 6) is -0.0852. The number of carbonyl (C=O) groups is 1. The van der Waals surface area contributed by atoms with Crippen molar-refractivity contribution in [2.75, 3.05) is 11.9 Å². The summed E-state index contributed by atoms with van der Waals surface area (Å²) in [6, 6.07) is 23.2. The van der Waals surface area contributed by atoms with Crippen molar-refractivity contribution in [1.29, 1.82) is 0 Å². The van der Waals surface area contributed by atoms with Crippen LogP contribution < -0.4 is 10.6 Å². The van der Waals surface area contributed by atoms with Crippen molar-refractivity contribution in [3.05, 3.63) is 95.8 Å². The zero-order chi connectivity index (χ0) is 20.5. The summed E-state index contributed by atoms with van der Waals surface area (Å²) in [5.41, 5.74) is 3.54. The number of aromatic nitrogens is 1. The first-order valence-electron chi connectivity index (χ1n) is 9.85. The van der Waals surface area contributed by atoms with Gasteiger partial charge in [-0.1, -0.05) is 48.5 Å². The van der Waals surface area contributed by atoms with Gasteiger partial charge in [-0.05, 0) is 48.7 Å². The van der Waals surface area contributed by atoms with Crippen LogP contribution in [0, 0.1) is 0 Å². The van der Waals surface area contributed by atoms with E-state index < -0.39 is 6.10 Å². The van der Waals surface area contributed by atoms with Crippen LogP contribution in [0.3, 0.4) is 0 Å². The molecule has 0 aliphatic carbocycles. The molecule has 1 aromatic heterocycles. The van der Waals surface area contributed by atoms with Gasteiger partial charge in [0.1, 0.15) is 0 Å². The van der Waals surface area contributed by atoms with Crippen molar-refractivity contribution in [2.45, 2.75) is 31.9 Å². The number of nitrogens with zero attached hydrogens (tertiary/aromatic N) is 1. The first kappa shape index (κ1) is 23.5. The van der Waals surface area contributed by atoms with Crippen LogP contribution in [0.1, 0.15) is 29.8 Å². The van der Waals surface area contributed by atoms with E-state index in [1.807, 2.05) is 72.8 Å². The minimum absolute atomic E-state index is 0. The Morgan fingerprint density at radius 2 is 1.70 bits per heavy atom. The fraction of sp³-hybridized carbons (Fsp3) is 0.250. The maximum absolute atomic E-state index is 12.2. The number of rotatable bonds is 9. The molecule has 5 nitrogen and oxygen atoms in total. The Kier molecular flexibility index (Phi) is 9.48. The average Bonchev–Trinajstić information content (AvgIpc) is 2.73. The maximum atomic E-state index is 12.2. The van der Waals surface area contributed by atoms with Crippen LogP contribution in [0.25, 0.3) is 0 Å². The lowest BCUT2D eigenvalue weighted by Gasteiger charge is -2.18. The summed E-state index contributed by atoms with van der Waals surface area (Å²) in [6.45, 7) is 2.57. The fourth-order valence-corrected chi connectivity index (χ4v) is 3.17. The monoisotopic (exact) mass is 425 g/mol. The minimum Gasteiger partial charge on any atom is -0.387 e. The third kappa shape index (κ3) is 7.59. The van der Waals surface area contributed by atoms with Gasteiger partial charge in [-0.2, -0.15) is 0 Å². The number of nitrogens with one attached hydrogen (secondary N) is 2. The van der Waals surface area contributed by atoms with Crippen LogP contribution in [-0.2, 0) is 17.6 Å². The topological polar surface area (TPSA) is 74.2 Å². The molecule has 30 heavy (non-hydrogen) atoms. The van der Waals surface area contributed by atoms with Crippen molar-refractivity contribution in [3.63, 3.8) is 0 Å². The summed E-state index contributed by atoms with van der Waals surface area (Å²) in [4.78, 5) is 16.6. The highest BCUT2D eigenvalue weighted by molar-refractivity contribution is 5.91. The Balaban J connectivity index is 0.00000320. The lowest BCUT2D eigenvalue weighted by atomic mass is 10.1. The SMILES string of the molecule is C[C@H](Cc1ccnc(CC(=O)Nc2ccccc2)c1)NC[C@H](O)c1ccccc1.Cl. The maximum Gasteiger partial charge on any atom is 0.230 e. The van der Waals surface area contributed by atoms with E-state index in [-0.39, 0.29) is 30.8 Å². The molecule has 6 heteroatoms. The van der Waals surface area contributed by atoms with E-state index in [0.717, 1.165) is 28.9 Å². The number of hydrogen-bond acceptors (Lipinski definition) is 4. The quantitative estimate of drug-likeness (QED) is 0.485. The van der Waals surface area contributed by atoms with Gasteiger partial charge in [0.2, 0.25) is 5.91 Å². The summed E-state index contributed by atoms with van der Waals surface area (Å²) >= 11 is 0. The highest BCUT2D eigenvalue weighted by Gasteiger charge is 2.11. The molecule has 158 valence electrons. The first-order chi connectivity index (χ1) is 14.1. The number of aliphatic hydroxyl groups is 1. The molecule has 0 saturated heterocycles. The molecule has 2 atom stereocenters. The van der Waals surface area contributed by atoms with Gasteiger partial charge < -0.3 is 15.7 Å². The largest absolute Gasteiger partial charge is 0.387 e. The third-order valence-corrected chi connectivity index (χ3v) is 4.67. The zero-order valence-electron chi connectivity index (χ0n) is 17.0. The molecule has 0 saturated carbocycles. The molecule has 0 aliphatic heterocycles. The Hall–Kier alpha value is -2.73. The first-order valence-corrected chi connectivity index (χ1v) is 9.85. The van der Waals surface area contributed by atoms with Crippen LogP contribution in [0.4, 0.5) is 5.69 Å². The van der Waals surface area contributed by atoms with Gasteiger partial charge >= 0.3 is 0 Å². The molecule has 3 rings (SSSR count). The lowest BCUT2D eigenvalue weighted by molar-refractivity contribution is -0.115. The Morgan fingerprint density at radius 3 is 2.40 bits per heavy atom. The van der Waals surface area contributed by atoms with E-state index >= 15 is 0 Å². The molecule has 1 amide bonds. The van der Waals surface area contributed by atoms with Gasteiger partial charge in [-0.25, -0.2) is 0 Å². The van der Waals surface area contributed by atoms with Gasteiger partial charge in [-0.3, -0.25) is 9.78 Å². The molecule has 0 aliphatic rings. The number of amides is 1. The number of pyridine rings is 1. The lowest BCUT2D eigenvalue weighted by Crippen LogP contribution is -2.32. The normalized spacial score (nSPS) is 12.5. The van der Waals surface area contributed by atoms with E-state index in [9.17, 15) is 9.90 Å². The average molecular weight is 426 g/mol. The van der Waals surface area contributed by atoms with Crippen molar-refractivity contribution in [1.82, 2.24) is 10.3 Å². The molecule has 3 N–H and O–H groups in total. The van der Waals surface area contributed by atoms with Gasteiger partial charge in [0.25, 0.3) is 0 Å². The molecule has 0 radical (unpaired) electrons. The van der Waals surface area contributed by atoms with Crippen molar-refractivity contribution in [3.8, 4) is 0 Å². The van der Waals surface area contributed by atoms with Gasteiger partial charge in [-0.15, -0.1) is 12.4 Å². The van der Waals surface area contributed by atoms with Crippen molar-refractivity contribution < 1.29 is 9.90 Å². The van der Waals surface area contributed by atoms with Crippen LogP contribution in [0.2, 0.25) is 0 Å². The summed E-state index contributed by atoms with van der Waals surface area (Å²) in [7, 11) is 0. The minimum atomic E-state index is -0.534. The van der Waals surface area contributed by atoms with Crippen molar-refractivity contribution >= 4 is 24.0 Å². The predicted molar refractivity (Wildman–Crippen MR) is 123 cm³/mol. The molecule has 0 unspecified atom stereocenters. The van der Waals surface area contributed by atoms with E-state index in [0.29, 0.717) is 6.54 Å². The highest BCUT2D eigenvalue weighted by Crippen LogP contribution is 2.12. The van der Waals surface area contributed by atoms with E-state index in [2.05, 4.69) is 22.5 Å². The molecule has 0 fully saturated rings. The summed E-state index contributed by atoms with van der Waals surface area (Å²) in [6.07, 6.45) is 2.23. The van der Waals surface area contributed by atoms with E-state index in [1.165, 1.54) is 0 Å². The number of benzene rings is 2. The molecule has 0 bridgehead atoms. The fourth-order valence-electron chi connectivity index (χ4n) is 3.17. The Bertz CT molecular complexity index is 907. The zero-order valence-corrected chi connectivity index (χ0v) is 17.8. The molecule has 1 heterocycles.